The van der Waals surface area contributed by atoms with Crippen LogP contribution in [0.3, 0.4) is 0 Å². The summed E-state index contributed by atoms with van der Waals surface area (Å²) in [4.78, 5) is 10.1. The van der Waals surface area contributed by atoms with Crippen LogP contribution in [0.4, 0.5) is 0 Å². The van der Waals surface area contributed by atoms with Crippen LogP contribution in [0.25, 0.3) is 0 Å². The summed E-state index contributed by atoms with van der Waals surface area (Å²) in [7, 11) is 0. The van der Waals surface area contributed by atoms with E-state index in [0.717, 1.165) is 32.0 Å². The Labute approximate surface area is 120 Å². The fourth-order valence-electron chi connectivity index (χ4n) is 2.14. The van der Waals surface area contributed by atoms with Crippen molar-refractivity contribution in [2.75, 3.05) is 0 Å². The first-order chi connectivity index (χ1) is 9.41. The number of carbonyl (C=O) groups excluding carboxylic acids is 1. The third-order valence-electron chi connectivity index (χ3n) is 3.40. The van der Waals surface area contributed by atoms with Crippen molar-refractivity contribution in [2.24, 2.45) is 0 Å². The van der Waals surface area contributed by atoms with E-state index >= 15 is 0 Å². The van der Waals surface area contributed by atoms with E-state index in [9.17, 15) is 4.79 Å². The number of hydrogen-bond acceptors (Lipinski definition) is 1. The molecule has 0 spiro atoms. The number of hydrogen-bond donors (Lipinski definition) is 0. The van der Waals surface area contributed by atoms with Crippen LogP contribution in [0.2, 0.25) is 0 Å². The minimum absolute atomic E-state index is 0.734. The molecule has 0 aromatic carbocycles. The lowest BCUT2D eigenvalue weighted by molar-refractivity contribution is -0.107. The predicted molar refractivity (Wildman–Crippen MR) is 84.2 cm³/mol. The Kier molecular flexibility index (Phi) is 16.5. The van der Waals surface area contributed by atoms with Gasteiger partial charge >= 0.3 is 0 Å². The van der Waals surface area contributed by atoms with Gasteiger partial charge in [-0.2, -0.15) is 0 Å². The van der Waals surface area contributed by atoms with Crippen LogP contribution in [-0.2, 0) is 4.79 Å². The van der Waals surface area contributed by atoms with Crippen LogP contribution in [0.15, 0.2) is 0 Å². The standard InChI is InChI=1S/C18H32O/c1-2-3-4-5-6-7-8-9-10-11-12-13-14-15-16-17-18-19/h18H,2-8,11-17H2,1H3. The highest BCUT2D eigenvalue weighted by atomic mass is 16.1. The topological polar surface area (TPSA) is 17.1 Å². The zero-order valence-corrected chi connectivity index (χ0v) is 12.9. The second kappa shape index (κ2) is 17.2. The molecule has 0 aliphatic carbocycles. The Morgan fingerprint density at radius 2 is 1.16 bits per heavy atom. The third-order valence-corrected chi connectivity index (χ3v) is 3.40. The van der Waals surface area contributed by atoms with Crippen LogP contribution in [0, 0.1) is 11.8 Å². The van der Waals surface area contributed by atoms with Gasteiger partial charge in [0.05, 0.1) is 0 Å². The summed E-state index contributed by atoms with van der Waals surface area (Å²) in [6.45, 7) is 2.26. The van der Waals surface area contributed by atoms with Crippen molar-refractivity contribution in [2.45, 2.75) is 96.8 Å². The van der Waals surface area contributed by atoms with Gasteiger partial charge in [-0.05, 0) is 19.3 Å². The van der Waals surface area contributed by atoms with E-state index in [1.54, 1.807) is 0 Å². The van der Waals surface area contributed by atoms with E-state index in [1.165, 1.54) is 64.2 Å². The van der Waals surface area contributed by atoms with Crippen LogP contribution < -0.4 is 0 Å². The molecular formula is C18H32O. The molecule has 0 saturated heterocycles. The fraction of sp³-hybridized carbons (Fsp3) is 0.833. The first kappa shape index (κ1) is 18.2. The second-order valence-electron chi connectivity index (χ2n) is 5.34. The third kappa shape index (κ3) is 17.2. The molecule has 0 fully saturated rings. The smallest absolute Gasteiger partial charge is 0.119 e. The maximum Gasteiger partial charge on any atom is 0.119 e. The zero-order chi connectivity index (χ0) is 14.0. The molecule has 0 aliphatic heterocycles. The fourth-order valence-corrected chi connectivity index (χ4v) is 2.14. The summed E-state index contributed by atoms with van der Waals surface area (Å²) in [5.41, 5.74) is 0. The molecule has 0 N–H and O–H groups in total. The van der Waals surface area contributed by atoms with Gasteiger partial charge in [-0.3, -0.25) is 0 Å². The molecule has 1 nitrogen and oxygen atoms in total. The largest absolute Gasteiger partial charge is 0.303 e. The summed E-state index contributed by atoms with van der Waals surface area (Å²) >= 11 is 0. The van der Waals surface area contributed by atoms with E-state index in [-0.39, 0.29) is 0 Å². The quantitative estimate of drug-likeness (QED) is 0.238. The van der Waals surface area contributed by atoms with Crippen molar-refractivity contribution in [3.63, 3.8) is 0 Å². The lowest BCUT2D eigenvalue weighted by Crippen LogP contribution is -1.80. The van der Waals surface area contributed by atoms with E-state index in [2.05, 4.69) is 18.8 Å². The van der Waals surface area contributed by atoms with Gasteiger partial charge in [-0.25, -0.2) is 0 Å². The van der Waals surface area contributed by atoms with Gasteiger partial charge in [0.25, 0.3) is 0 Å². The SMILES string of the molecule is CCCCCCCCC#CCCCCCCCC=O. The van der Waals surface area contributed by atoms with Crippen LogP contribution in [-0.4, -0.2) is 6.29 Å². The molecule has 0 aromatic heterocycles. The van der Waals surface area contributed by atoms with Gasteiger partial charge in [0.2, 0.25) is 0 Å². The Balaban J connectivity index is 3.07. The molecular weight excluding hydrogens is 232 g/mol. The summed E-state index contributed by atoms with van der Waals surface area (Å²) in [5, 5.41) is 0. The summed E-state index contributed by atoms with van der Waals surface area (Å²) in [5.74, 6) is 6.57. The average molecular weight is 264 g/mol. The number of aldehydes is 1. The molecule has 0 amide bonds. The molecule has 0 bridgehead atoms. The van der Waals surface area contributed by atoms with Gasteiger partial charge in [0, 0.05) is 19.3 Å². The van der Waals surface area contributed by atoms with Gasteiger partial charge in [0.1, 0.15) is 6.29 Å². The Hall–Kier alpha value is -0.770. The molecule has 0 saturated carbocycles. The van der Waals surface area contributed by atoms with Crippen molar-refractivity contribution in [3.8, 4) is 11.8 Å². The first-order valence-corrected chi connectivity index (χ1v) is 8.31. The lowest BCUT2D eigenvalue weighted by atomic mass is 10.1. The van der Waals surface area contributed by atoms with Gasteiger partial charge in [-0.1, -0.05) is 58.3 Å². The Morgan fingerprint density at radius 3 is 1.68 bits per heavy atom. The molecule has 0 radical (unpaired) electrons. The molecule has 0 rings (SSSR count). The predicted octanol–water partition coefficient (Wildman–Crippen LogP) is 5.67. The van der Waals surface area contributed by atoms with Crippen molar-refractivity contribution in [1.29, 1.82) is 0 Å². The van der Waals surface area contributed by atoms with Gasteiger partial charge < -0.3 is 4.79 Å². The first-order valence-electron chi connectivity index (χ1n) is 8.31. The van der Waals surface area contributed by atoms with Crippen LogP contribution in [0.1, 0.15) is 96.8 Å². The molecule has 0 aliphatic rings. The van der Waals surface area contributed by atoms with E-state index in [0.29, 0.717) is 0 Å². The monoisotopic (exact) mass is 264 g/mol. The Morgan fingerprint density at radius 1 is 0.684 bits per heavy atom. The Bertz CT molecular complexity index is 234. The van der Waals surface area contributed by atoms with Crippen molar-refractivity contribution < 1.29 is 4.79 Å². The van der Waals surface area contributed by atoms with E-state index in [4.69, 9.17) is 0 Å². The molecule has 19 heavy (non-hydrogen) atoms. The highest BCUT2D eigenvalue weighted by Crippen LogP contribution is 2.07. The molecule has 0 aromatic rings. The zero-order valence-electron chi connectivity index (χ0n) is 12.9. The molecule has 110 valence electrons. The maximum atomic E-state index is 10.1. The summed E-state index contributed by atoms with van der Waals surface area (Å²) in [6.07, 6.45) is 18.0. The molecule has 1 heteroatoms. The summed E-state index contributed by atoms with van der Waals surface area (Å²) < 4.78 is 0. The number of unbranched alkanes of at least 4 members (excludes halogenated alkanes) is 12. The maximum absolute atomic E-state index is 10.1. The van der Waals surface area contributed by atoms with Crippen molar-refractivity contribution in [3.05, 3.63) is 0 Å². The van der Waals surface area contributed by atoms with E-state index in [1.807, 2.05) is 0 Å². The van der Waals surface area contributed by atoms with Crippen LogP contribution in [0.5, 0.6) is 0 Å². The summed E-state index contributed by atoms with van der Waals surface area (Å²) in [6, 6.07) is 0. The van der Waals surface area contributed by atoms with Crippen molar-refractivity contribution in [1.82, 2.24) is 0 Å². The highest BCUT2D eigenvalue weighted by molar-refractivity contribution is 5.48. The highest BCUT2D eigenvalue weighted by Gasteiger charge is 1.90. The molecule has 0 unspecified atom stereocenters. The number of rotatable bonds is 13. The minimum atomic E-state index is 0.734. The second-order valence-corrected chi connectivity index (χ2v) is 5.34. The number of carbonyl (C=O) groups is 1. The molecule has 0 heterocycles. The van der Waals surface area contributed by atoms with Crippen LogP contribution >= 0.6 is 0 Å². The van der Waals surface area contributed by atoms with Crippen molar-refractivity contribution >= 4 is 6.29 Å². The van der Waals surface area contributed by atoms with Gasteiger partial charge in [0.15, 0.2) is 0 Å². The van der Waals surface area contributed by atoms with Gasteiger partial charge in [-0.15, -0.1) is 11.8 Å². The van der Waals surface area contributed by atoms with E-state index < -0.39 is 0 Å². The lowest BCUT2D eigenvalue weighted by Gasteiger charge is -1.97. The average Bonchev–Trinajstić information content (AvgIpc) is 2.43. The normalized spacial score (nSPS) is 9.95. The minimum Gasteiger partial charge on any atom is -0.303 e. The molecule has 0 atom stereocenters.